The van der Waals surface area contributed by atoms with Crippen LogP contribution in [-0.4, -0.2) is 38.8 Å². The highest BCUT2D eigenvalue weighted by atomic mass is 16.5. The predicted octanol–water partition coefficient (Wildman–Crippen LogP) is 2.18. The molecule has 2 rings (SSSR count). The van der Waals surface area contributed by atoms with Crippen molar-refractivity contribution in [2.75, 3.05) is 33.9 Å². The fourth-order valence-corrected chi connectivity index (χ4v) is 2.81. The molecule has 0 radical (unpaired) electrons. The average molecular weight is 278 g/mol. The molecule has 1 heterocycles. The van der Waals surface area contributed by atoms with Gasteiger partial charge in [-0.05, 0) is 68.6 Å². The SMILES string of the molecule is COc1cc(C)c(CN2CCC(CN)CC2)cc1OC. The van der Waals surface area contributed by atoms with E-state index in [4.69, 9.17) is 15.2 Å². The maximum atomic E-state index is 5.75. The van der Waals surface area contributed by atoms with Crippen molar-refractivity contribution in [2.24, 2.45) is 11.7 Å². The molecule has 1 fully saturated rings. The van der Waals surface area contributed by atoms with Crippen molar-refractivity contribution in [2.45, 2.75) is 26.3 Å². The van der Waals surface area contributed by atoms with E-state index in [1.54, 1.807) is 14.2 Å². The number of ether oxygens (including phenoxy) is 2. The Morgan fingerprint density at radius 1 is 1.15 bits per heavy atom. The van der Waals surface area contributed by atoms with Crippen LogP contribution in [0.5, 0.6) is 11.5 Å². The number of methoxy groups -OCH3 is 2. The molecular weight excluding hydrogens is 252 g/mol. The van der Waals surface area contributed by atoms with Crippen LogP contribution in [0.1, 0.15) is 24.0 Å². The molecule has 0 spiro atoms. The highest BCUT2D eigenvalue weighted by Crippen LogP contribution is 2.31. The normalized spacial score (nSPS) is 17.2. The summed E-state index contributed by atoms with van der Waals surface area (Å²) in [5.41, 5.74) is 8.31. The molecule has 2 N–H and O–H groups in total. The van der Waals surface area contributed by atoms with Crippen molar-refractivity contribution in [3.63, 3.8) is 0 Å². The Hall–Kier alpha value is -1.26. The van der Waals surface area contributed by atoms with E-state index in [1.165, 1.54) is 24.0 Å². The Morgan fingerprint density at radius 3 is 2.30 bits per heavy atom. The molecule has 0 saturated carbocycles. The minimum atomic E-state index is 0.706. The number of hydrogen-bond donors (Lipinski definition) is 1. The van der Waals surface area contributed by atoms with Crippen LogP contribution in [0, 0.1) is 12.8 Å². The first kappa shape index (κ1) is 15.1. The van der Waals surface area contributed by atoms with E-state index >= 15 is 0 Å². The standard InChI is InChI=1S/C16H26N2O2/c1-12-8-15(19-2)16(20-3)9-14(12)11-18-6-4-13(10-17)5-7-18/h8-9,13H,4-7,10-11,17H2,1-3H3. The van der Waals surface area contributed by atoms with Gasteiger partial charge in [-0.2, -0.15) is 0 Å². The number of rotatable bonds is 5. The van der Waals surface area contributed by atoms with Crippen molar-refractivity contribution in [3.8, 4) is 11.5 Å². The molecule has 1 aromatic rings. The number of nitrogens with zero attached hydrogens (tertiary/aromatic N) is 1. The van der Waals surface area contributed by atoms with Gasteiger partial charge in [-0.3, -0.25) is 4.90 Å². The Bertz CT molecular complexity index is 440. The summed E-state index contributed by atoms with van der Waals surface area (Å²) in [5.74, 6) is 2.32. The lowest BCUT2D eigenvalue weighted by molar-refractivity contribution is 0.180. The lowest BCUT2D eigenvalue weighted by Gasteiger charge is -2.31. The summed E-state index contributed by atoms with van der Waals surface area (Å²) in [6.07, 6.45) is 2.42. The van der Waals surface area contributed by atoms with Crippen LogP contribution in [0.4, 0.5) is 0 Å². The molecular formula is C16H26N2O2. The second-order valence-electron chi connectivity index (χ2n) is 5.59. The number of nitrogens with two attached hydrogens (primary N) is 1. The molecule has 112 valence electrons. The second-order valence-corrected chi connectivity index (χ2v) is 5.59. The smallest absolute Gasteiger partial charge is 0.161 e. The third kappa shape index (κ3) is 3.44. The van der Waals surface area contributed by atoms with Gasteiger partial charge in [-0.15, -0.1) is 0 Å². The summed E-state index contributed by atoms with van der Waals surface area (Å²) in [6, 6.07) is 4.16. The van der Waals surface area contributed by atoms with E-state index in [0.29, 0.717) is 5.92 Å². The molecule has 1 aromatic carbocycles. The van der Waals surface area contributed by atoms with Gasteiger partial charge in [-0.1, -0.05) is 0 Å². The largest absolute Gasteiger partial charge is 0.493 e. The number of aryl methyl sites for hydroxylation is 1. The van der Waals surface area contributed by atoms with Crippen LogP contribution < -0.4 is 15.2 Å². The fraction of sp³-hybridized carbons (Fsp3) is 0.625. The molecule has 1 saturated heterocycles. The highest BCUT2D eigenvalue weighted by Gasteiger charge is 2.19. The van der Waals surface area contributed by atoms with Gasteiger partial charge in [0, 0.05) is 6.54 Å². The Balaban J connectivity index is 2.06. The molecule has 20 heavy (non-hydrogen) atoms. The Morgan fingerprint density at radius 2 is 1.75 bits per heavy atom. The van der Waals surface area contributed by atoms with E-state index in [1.807, 2.05) is 0 Å². The fourth-order valence-electron chi connectivity index (χ4n) is 2.81. The van der Waals surface area contributed by atoms with Crippen molar-refractivity contribution in [1.82, 2.24) is 4.90 Å². The van der Waals surface area contributed by atoms with E-state index in [9.17, 15) is 0 Å². The maximum Gasteiger partial charge on any atom is 0.161 e. The zero-order chi connectivity index (χ0) is 14.5. The average Bonchev–Trinajstić information content (AvgIpc) is 2.49. The van der Waals surface area contributed by atoms with Gasteiger partial charge in [0.05, 0.1) is 14.2 Å². The first-order valence-corrected chi connectivity index (χ1v) is 7.31. The third-order valence-electron chi connectivity index (χ3n) is 4.28. The summed E-state index contributed by atoms with van der Waals surface area (Å²) in [5, 5.41) is 0. The van der Waals surface area contributed by atoms with Crippen LogP contribution in [0.3, 0.4) is 0 Å². The van der Waals surface area contributed by atoms with Crippen LogP contribution in [0.15, 0.2) is 12.1 Å². The Labute approximate surface area is 121 Å². The first-order chi connectivity index (χ1) is 9.67. The van der Waals surface area contributed by atoms with Crippen LogP contribution in [-0.2, 0) is 6.54 Å². The number of likely N-dealkylation sites (tertiary alicyclic amines) is 1. The summed E-state index contributed by atoms with van der Waals surface area (Å²) in [6.45, 7) is 6.20. The number of hydrogen-bond acceptors (Lipinski definition) is 4. The molecule has 4 heteroatoms. The van der Waals surface area contributed by atoms with E-state index in [2.05, 4.69) is 24.0 Å². The topological polar surface area (TPSA) is 47.7 Å². The molecule has 0 aliphatic carbocycles. The van der Waals surface area contributed by atoms with Gasteiger partial charge in [-0.25, -0.2) is 0 Å². The number of benzene rings is 1. The van der Waals surface area contributed by atoms with E-state index < -0.39 is 0 Å². The van der Waals surface area contributed by atoms with Gasteiger partial charge in [0.2, 0.25) is 0 Å². The predicted molar refractivity (Wildman–Crippen MR) is 81.3 cm³/mol. The summed E-state index contributed by atoms with van der Waals surface area (Å²) < 4.78 is 10.7. The zero-order valence-corrected chi connectivity index (χ0v) is 12.8. The maximum absolute atomic E-state index is 5.75. The van der Waals surface area contributed by atoms with Crippen molar-refractivity contribution < 1.29 is 9.47 Å². The van der Waals surface area contributed by atoms with Crippen LogP contribution in [0.25, 0.3) is 0 Å². The van der Waals surface area contributed by atoms with Gasteiger partial charge in [0.15, 0.2) is 11.5 Å². The second kappa shape index (κ2) is 6.95. The lowest BCUT2D eigenvalue weighted by atomic mass is 9.96. The molecule has 0 aromatic heterocycles. The van der Waals surface area contributed by atoms with E-state index in [-0.39, 0.29) is 0 Å². The Kier molecular flexibility index (Phi) is 5.26. The van der Waals surface area contributed by atoms with Gasteiger partial charge in [0.1, 0.15) is 0 Å². The van der Waals surface area contributed by atoms with E-state index in [0.717, 1.165) is 37.7 Å². The quantitative estimate of drug-likeness (QED) is 0.897. The molecule has 1 aliphatic rings. The lowest BCUT2D eigenvalue weighted by Crippen LogP contribution is -2.35. The zero-order valence-electron chi connectivity index (χ0n) is 12.8. The monoisotopic (exact) mass is 278 g/mol. The molecule has 0 atom stereocenters. The van der Waals surface area contributed by atoms with Gasteiger partial charge in [0.25, 0.3) is 0 Å². The van der Waals surface area contributed by atoms with Crippen molar-refractivity contribution in [1.29, 1.82) is 0 Å². The van der Waals surface area contributed by atoms with Gasteiger partial charge >= 0.3 is 0 Å². The minimum Gasteiger partial charge on any atom is -0.493 e. The van der Waals surface area contributed by atoms with Crippen LogP contribution >= 0.6 is 0 Å². The van der Waals surface area contributed by atoms with Crippen molar-refractivity contribution in [3.05, 3.63) is 23.3 Å². The third-order valence-corrected chi connectivity index (χ3v) is 4.28. The molecule has 1 aliphatic heterocycles. The molecule has 0 amide bonds. The summed E-state index contributed by atoms with van der Waals surface area (Å²) in [7, 11) is 3.36. The minimum absolute atomic E-state index is 0.706. The first-order valence-electron chi connectivity index (χ1n) is 7.31. The van der Waals surface area contributed by atoms with Crippen molar-refractivity contribution >= 4 is 0 Å². The van der Waals surface area contributed by atoms with Crippen LogP contribution in [0.2, 0.25) is 0 Å². The molecule has 0 bridgehead atoms. The summed E-state index contributed by atoms with van der Waals surface area (Å²) in [4.78, 5) is 2.50. The molecule has 0 unspecified atom stereocenters. The summed E-state index contributed by atoms with van der Waals surface area (Å²) >= 11 is 0. The van der Waals surface area contributed by atoms with Gasteiger partial charge < -0.3 is 15.2 Å². The molecule has 4 nitrogen and oxygen atoms in total. The highest BCUT2D eigenvalue weighted by molar-refractivity contribution is 5.47. The number of piperidine rings is 1.